The molecule has 0 aliphatic heterocycles. The Kier molecular flexibility index (Phi) is 5.11. The third kappa shape index (κ3) is 3.85. The number of aromatic nitrogens is 3. The van der Waals surface area contributed by atoms with E-state index in [1.807, 2.05) is 24.3 Å². The van der Waals surface area contributed by atoms with Crippen LogP contribution in [0, 0.1) is 0 Å². The van der Waals surface area contributed by atoms with Gasteiger partial charge in [-0.1, -0.05) is 30.3 Å². The van der Waals surface area contributed by atoms with Gasteiger partial charge in [-0.2, -0.15) is 5.10 Å². The zero-order valence-corrected chi connectivity index (χ0v) is 14.6. The molecule has 3 aromatic rings. The van der Waals surface area contributed by atoms with Crippen molar-refractivity contribution >= 4 is 16.7 Å². The number of halogens is 1. The van der Waals surface area contributed by atoms with Crippen molar-refractivity contribution in [2.75, 3.05) is 11.9 Å². The van der Waals surface area contributed by atoms with E-state index in [4.69, 9.17) is 4.74 Å². The molecule has 136 valence electrons. The molecule has 4 rings (SSSR count). The van der Waals surface area contributed by atoms with Crippen molar-refractivity contribution in [2.24, 2.45) is 0 Å². The highest BCUT2D eigenvalue weighted by molar-refractivity contribution is 5.88. The van der Waals surface area contributed by atoms with E-state index >= 15 is 0 Å². The molecule has 2 N–H and O–H groups in total. The SMILES string of the molecule is FC1CC(Nc2nccc3[nH]ncc23)CCC1OCCc1ccccc1. The van der Waals surface area contributed by atoms with Crippen LogP contribution >= 0.6 is 0 Å². The first kappa shape index (κ1) is 17.0. The van der Waals surface area contributed by atoms with Crippen LogP contribution in [0.1, 0.15) is 24.8 Å². The number of ether oxygens (including phenoxy) is 1. The van der Waals surface area contributed by atoms with Crippen LogP contribution in [0.15, 0.2) is 48.8 Å². The summed E-state index contributed by atoms with van der Waals surface area (Å²) in [6.07, 6.45) is 5.05. The summed E-state index contributed by atoms with van der Waals surface area (Å²) in [5, 5.41) is 11.3. The standard InChI is InChI=1S/C20H23FN4O/c21-17-12-15(24-20-16-13-23-25-18(16)8-10-22-20)6-7-19(17)26-11-9-14-4-2-1-3-5-14/h1-5,8,10,13,15,17,19H,6-7,9,11-12H2,(H,22,24)(H,23,25). The van der Waals surface area contributed by atoms with Gasteiger partial charge in [-0.25, -0.2) is 9.37 Å². The summed E-state index contributed by atoms with van der Waals surface area (Å²) in [6, 6.07) is 12.1. The molecule has 3 atom stereocenters. The van der Waals surface area contributed by atoms with Gasteiger partial charge < -0.3 is 10.1 Å². The fourth-order valence-electron chi connectivity index (χ4n) is 3.56. The van der Waals surface area contributed by atoms with Gasteiger partial charge in [-0.3, -0.25) is 5.10 Å². The molecule has 1 saturated carbocycles. The molecule has 2 heterocycles. The minimum Gasteiger partial charge on any atom is -0.375 e. The molecule has 3 unspecified atom stereocenters. The number of nitrogens with one attached hydrogen (secondary N) is 2. The van der Waals surface area contributed by atoms with Gasteiger partial charge >= 0.3 is 0 Å². The van der Waals surface area contributed by atoms with Gasteiger partial charge in [-0.15, -0.1) is 0 Å². The van der Waals surface area contributed by atoms with Crippen molar-refractivity contribution < 1.29 is 9.13 Å². The highest BCUT2D eigenvalue weighted by Gasteiger charge is 2.31. The summed E-state index contributed by atoms with van der Waals surface area (Å²) in [7, 11) is 0. The van der Waals surface area contributed by atoms with Gasteiger partial charge in [0.2, 0.25) is 0 Å². The fourth-order valence-corrected chi connectivity index (χ4v) is 3.56. The number of benzene rings is 1. The number of fused-ring (bicyclic) bond motifs is 1. The number of hydrogen-bond acceptors (Lipinski definition) is 4. The monoisotopic (exact) mass is 354 g/mol. The molecule has 2 aromatic heterocycles. The molecule has 0 radical (unpaired) electrons. The molecule has 26 heavy (non-hydrogen) atoms. The van der Waals surface area contributed by atoms with Crippen LogP contribution in [0.4, 0.5) is 10.2 Å². The zero-order valence-electron chi connectivity index (χ0n) is 14.6. The van der Waals surface area contributed by atoms with Crippen LogP contribution in [-0.4, -0.2) is 40.1 Å². The largest absolute Gasteiger partial charge is 0.375 e. The topological polar surface area (TPSA) is 62.8 Å². The van der Waals surface area contributed by atoms with E-state index in [1.165, 1.54) is 5.56 Å². The average molecular weight is 354 g/mol. The maximum atomic E-state index is 14.6. The smallest absolute Gasteiger partial charge is 0.137 e. The van der Waals surface area contributed by atoms with Gasteiger partial charge in [0.05, 0.1) is 29.8 Å². The Hall–Kier alpha value is -2.47. The molecule has 1 aromatic carbocycles. The van der Waals surface area contributed by atoms with Crippen LogP contribution in [0.3, 0.4) is 0 Å². The summed E-state index contributed by atoms with van der Waals surface area (Å²) in [6.45, 7) is 0.559. The van der Waals surface area contributed by atoms with Gasteiger partial charge in [0.1, 0.15) is 12.0 Å². The quantitative estimate of drug-likeness (QED) is 0.705. The van der Waals surface area contributed by atoms with Crippen LogP contribution in [-0.2, 0) is 11.2 Å². The lowest BCUT2D eigenvalue weighted by molar-refractivity contribution is -0.0252. The lowest BCUT2D eigenvalue weighted by Crippen LogP contribution is -2.39. The van der Waals surface area contributed by atoms with Gasteiger partial charge in [0.25, 0.3) is 0 Å². The Balaban J connectivity index is 1.29. The Morgan fingerprint density at radius 2 is 2.08 bits per heavy atom. The first-order valence-corrected chi connectivity index (χ1v) is 9.14. The fraction of sp³-hybridized carbons (Fsp3) is 0.400. The molecule has 1 aliphatic carbocycles. The third-order valence-electron chi connectivity index (χ3n) is 4.99. The molecule has 0 amide bonds. The van der Waals surface area contributed by atoms with Crippen molar-refractivity contribution in [1.82, 2.24) is 15.2 Å². The number of alkyl halides is 1. The number of hydrogen-bond donors (Lipinski definition) is 2. The van der Waals surface area contributed by atoms with E-state index in [0.29, 0.717) is 13.0 Å². The van der Waals surface area contributed by atoms with Crippen molar-refractivity contribution in [1.29, 1.82) is 0 Å². The molecule has 0 spiro atoms. The third-order valence-corrected chi connectivity index (χ3v) is 4.99. The lowest BCUT2D eigenvalue weighted by atomic mass is 9.91. The predicted molar refractivity (Wildman–Crippen MR) is 99.9 cm³/mol. The highest BCUT2D eigenvalue weighted by atomic mass is 19.1. The number of nitrogens with zero attached hydrogens (tertiary/aromatic N) is 2. The number of rotatable bonds is 6. The Morgan fingerprint density at radius 3 is 2.92 bits per heavy atom. The minimum absolute atomic E-state index is 0.0620. The Morgan fingerprint density at radius 1 is 1.19 bits per heavy atom. The first-order valence-electron chi connectivity index (χ1n) is 9.14. The molecule has 0 bridgehead atoms. The second kappa shape index (κ2) is 7.83. The number of anilines is 1. The molecule has 1 fully saturated rings. The van der Waals surface area contributed by atoms with Crippen molar-refractivity contribution in [3.05, 3.63) is 54.4 Å². The normalized spacial score (nSPS) is 23.2. The average Bonchev–Trinajstić information content (AvgIpc) is 3.14. The maximum Gasteiger partial charge on any atom is 0.137 e. The maximum absolute atomic E-state index is 14.6. The van der Waals surface area contributed by atoms with Gasteiger partial charge in [-0.05, 0) is 30.9 Å². The van der Waals surface area contributed by atoms with E-state index in [-0.39, 0.29) is 12.1 Å². The van der Waals surface area contributed by atoms with Crippen molar-refractivity contribution in [2.45, 2.75) is 44.0 Å². The number of H-pyrrole nitrogens is 1. The molecule has 5 nitrogen and oxygen atoms in total. The predicted octanol–water partition coefficient (Wildman–Crippen LogP) is 3.89. The Bertz CT molecular complexity index is 838. The summed E-state index contributed by atoms with van der Waals surface area (Å²) < 4.78 is 20.4. The van der Waals surface area contributed by atoms with Crippen LogP contribution < -0.4 is 5.32 Å². The highest BCUT2D eigenvalue weighted by Crippen LogP contribution is 2.28. The van der Waals surface area contributed by atoms with E-state index in [9.17, 15) is 4.39 Å². The number of pyridine rings is 1. The molecule has 6 heteroatoms. The van der Waals surface area contributed by atoms with E-state index in [1.54, 1.807) is 12.4 Å². The zero-order chi connectivity index (χ0) is 17.8. The molecular formula is C20H23FN4O. The second-order valence-corrected chi connectivity index (χ2v) is 6.81. The summed E-state index contributed by atoms with van der Waals surface area (Å²) in [4.78, 5) is 4.38. The number of aromatic amines is 1. The van der Waals surface area contributed by atoms with Crippen LogP contribution in [0.25, 0.3) is 10.9 Å². The second-order valence-electron chi connectivity index (χ2n) is 6.81. The molecule has 0 saturated heterocycles. The van der Waals surface area contributed by atoms with Crippen LogP contribution in [0.5, 0.6) is 0 Å². The molecule has 1 aliphatic rings. The van der Waals surface area contributed by atoms with Crippen molar-refractivity contribution in [3.63, 3.8) is 0 Å². The lowest BCUT2D eigenvalue weighted by Gasteiger charge is -2.32. The van der Waals surface area contributed by atoms with Gasteiger partial charge in [0, 0.05) is 18.7 Å². The van der Waals surface area contributed by atoms with E-state index in [2.05, 4.69) is 32.6 Å². The Labute approximate surface area is 152 Å². The van der Waals surface area contributed by atoms with E-state index < -0.39 is 6.17 Å². The summed E-state index contributed by atoms with van der Waals surface area (Å²) >= 11 is 0. The first-order chi connectivity index (χ1) is 12.8. The van der Waals surface area contributed by atoms with Crippen molar-refractivity contribution in [3.8, 4) is 0 Å². The van der Waals surface area contributed by atoms with Gasteiger partial charge in [0.15, 0.2) is 0 Å². The minimum atomic E-state index is -0.958. The van der Waals surface area contributed by atoms with Crippen LogP contribution in [0.2, 0.25) is 0 Å². The molecular weight excluding hydrogens is 331 g/mol. The summed E-state index contributed by atoms with van der Waals surface area (Å²) in [5.41, 5.74) is 2.15. The summed E-state index contributed by atoms with van der Waals surface area (Å²) in [5.74, 6) is 0.761. The van der Waals surface area contributed by atoms with E-state index in [0.717, 1.165) is 36.0 Å².